The maximum Gasteiger partial charge on any atom is 0.272 e. The number of nitrogens with two attached hydrogens (primary N) is 1. The van der Waals surface area contributed by atoms with Crippen molar-refractivity contribution >= 4 is 21.7 Å². The molecule has 0 bridgehead atoms. The van der Waals surface area contributed by atoms with Crippen LogP contribution in [0.4, 0.5) is 0 Å². The SMILES string of the molecule is Cn1nc(C(N)=O)c2c1C(=O)N(CC1(S(=O)(=O)C(C)(C)C(O)CO)CC1)CC2. The Labute approximate surface area is 163 Å². The Morgan fingerprint density at radius 2 is 2.00 bits per heavy atom. The van der Waals surface area contributed by atoms with Crippen molar-refractivity contribution in [3.05, 3.63) is 17.0 Å². The first-order chi connectivity index (χ1) is 12.9. The van der Waals surface area contributed by atoms with E-state index in [-0.39, 0.29) is 24.5 Å². The minimum Gasteiger partial charge on any atom is -0.394 e. The summed E-state index contributed by atoms with van der Waals surface area (Å²) in [5.41, 5.74) is 6.11. The monoisotopic (exact) mass is 414 g/mol. The fourth-order valence-electron chi connectivity index (χ4n) is 3.88. The van der Waals surface area contributed by atoms with Gasteiger partial charge in [0.15, 0.2) is 15.5 Å². The summed E-state index contributed by atoms with van der Waals surface area (Å²) in [6, 6.07) is 0. The molecule has 11 heteroatoms. The number of aromatic nitrogens is 2. The van der Waals surface area contributed by atoms with Crippen molar-refractivity contribution in [3.8, 4) is 0 Å². The van der Waals surface area contributed by atoms with Gasteiger partial charge in [-0.3, -0.25) is 14.3 Å². The number of hydrogen-bond acceptors (Lipinski definition) is 7. The van der Waals surface area contributed by atoms with Crippen LogP contribution in [-0.4, -0.2) is 80.4 Å². The Balaban J connectivity index is 1.89. The lowest BCUT2D eigenvalue weighted by atomic mass is 10.0. The first-order valence-electron chi connectivity index (χ1n) is 9.07. The number of carbonyl (C=O) groups is 2. The van der Waals surface area contributed by atoms with Crippen LogP contribution < -0.4 is 5.73 Å². The third-order valence-electron chi connectivity index (χ3n) is 6.02. The molecule has 0 radical (unpaired) electrons. The molecule has 10 nitrogen and oxygen atoms in total. The molecule has 0 spiro atoms. The normalized spacial score (nSPS) is 20.0. The Bertz CT molecular complexity index is 932. The molecule has 1 aliphatic carbocycles. The molecule has 2 heterocycles. The largest absolute Gasteiger partial charge is 0.394 e. The van der Waals surface area contributed by atoms with E-state index in [1.807, 2.05) is 0 Å². The van der Waals surface area contributed by atoms with Crippen LogP contribution in [0.5, 0.6) is 0 Å². The zero-order valence-corrected chi connectivity index (χ0v) is 17.0. The molecule has 1 unspecified atom stereocenters. The maximum atomic E-state index is 13.2. The molecule has 1 aromatic heterocycles. The van der Waals surface area contributed by atoms with Crippen LogP contribution in [0.1, 0.15) is 53.2 Å². The Kier molecular flexibility index (Phi) is 4.84. The summed E-state index contributed by atoms with van der Waals surface area (Å²) in [6.07, 6.45) is -0.308. The number of primary amides is 1. The van der Waals surface area contributed by atoms with Gasteiger partial charge >= 0.3 is 0 Å². The number of aliphatic hydroxyl groups is 2. The van der Waals surface area contributed by atoms with Crippen LogP contribution in [0.2, 0.25) is 0 Å². The standard InChI is InChI=1S/C17H26N4O6S/c1-16(2,11(23)8-22)28(26,27)17(5-6-17)9-21-7-4-10-12(14(18)24)19-20(3)13(10)15(21)25/h11,22-23H,4-9H2,1-3H3,(H2,18,24). The molecule has 28 heavy (non-hydrogen) atoms. The van der Waals surface area contributed by atoms with Crippen molar-refractivity contribution in [1.82, 2.24) is 14.7 Å². The topological polar surface area (TPSA) is 156 Å². The van der Waals surface area contributed by atoms with Gasteiger partial charge in [-0.15, -0.1) is 0 Å². The lowest BCUT2D eigenvalue weighted by Crippen LogP contribution is -2.55. The van der Waals surface area contributed by atoms with Crippen molar-refractivity contribution in [2.24, 2.45) is 12.8 Å². The molecule has 2 aliphatic rings. The fourth-order valence-corrected chi connectivity index (χ4v) is 6.39. The summed E-state index contributed by atoms with van der Waals surface area (Å²) in [5.74, 6) is -1.11. The van der Waals surface area contributed by atoms with Crippen molar-refractivity contribution in [2.45, 2.75) is 48.7 Å². The van der Waals surface area contributed by atoms with Gasteiger partial charge in [-0.05, 0) is 33.1 Å². The molecule has 1 saturated carbocycles. The van der Waals surface area contributed by atoms with E-state index in [2.05, 4.69) is 5.10 Å². The second-order valence-corrected chi connectivity index (χ2v) is 11.1. The van der Waals surface area contributed by atoms with Crippen molar-refractivity contribution in [3.63, 3.8) is 0 Å². The number of fused-ring (bicyclic) bond motifs is 1. The van der Waals surface area contributed by atoms with Gasteiger partial charge in [0.25, 0.3) is 11.8 Å². The van der Waals surface area contributed by atoms with Crippen LogP contribution >= 0.6 is 0 Å². The first kappa shape index (κ1) is 20.7. The van der Waals surface area contributed by atoms with E-state index in [0.717, 1.165) is 0 Å². The van der Waals surface area contributed by atoms with Crippen LogP contribution in [0, 0.1) is 0 Å². The van der Waals surface area contributed by atoms with E-state index in [4.69, 9.17) is 5.73 Å². The van der Waals surface area contributed by atoms with E-state index in [1.165, 1.54) is 30.5 Å². The summed E-state index contributed by atoms with van der Waals surface area (Å²) in [4.78, 5) is 26.0. The molecule has 2 amide bonds. The van der Waals surface area contributed by atoms with E-state index >= 15 is 0 Å². The highest BCUT2D eigenvalue weighted by Crippen LogP contribution is 2.50. The zero-order valence-electron chi connectivity index (χ0n) is 16.2. The van der Waals surface area contributed by atoms with E-state index in [0.29, 0.717) is 24.8 Å². The molecule has 1 aromatic rings. The smallest absolute Gasteiger partial charge is 0.272 e. The van der Waals surface area contributed by atoms with E-state index in [1.54, 1.807) is 0 Å². The van der Waals surface area contributed by atoms with Crippen molar-refractivity contribution < 1.29 is 28.2 Å². The van der Waals surface area contributed by atoms with Crippen molar-refractivity contribution in [2.75, 3.05) is 19.7 Å². The number of hydrogen-bond donors (Lipinski definition) is 3. The van der Waals surface area contributed by atoms with E-state index < -0.39 is 43.9 Å². The van der Waals surface area contributed by atoms with Gasteiger partial charge in [-0.2, -0.15) is 5.10 Å². The van der Waals surface area contributed by atoms with Gasteiger partial charge < -0.3 is 20.8 Å². The molecule has 3 rings (SSSR count). The summed E-state index contributed by atoms with van der Waals surface area (Å²) in [7, 11) is -2.32. The molecule has 1 atom stereocenters. The van der Waals surface area contributed by atoms with Gasteiger partial charge in [0.2, 0.25) is 0 Å². The van der Waals surface area contributed by atoms with Gasteiger partial charge in [0.05, 0.1) is 22.2 Å². The number of carbonyl (C=O) groups excluding carboxylic acids is 2. The van der Waals surface area contributed by atoms with Gasteiger partial charge in [-0.25, -0.2) is 8.42 Å². The Morgan fingerprint density at radius 3 is 2.50 bits per heavy atom. The predicted octanol–water partition coefficient (Wildman–Crippen LogP) is -1.40. The lowest BCUT2D eigenvalue weighted by Gasteiger charge is -2.36. The third kappa shape index (κ3) is 2.83. The molecule has 4 N–H and O–H groups in total. The number of amides is 2. The number of nitrogens with zero attached hydrogens (tertiary/aromatic N) is 3. The average molecular weight is 414 g/mol. The van der Waals surface area contributed by atoms with Crippen LogP contribution in [-0.2, 0) is 23.3 Å². The molecule has 1 aliphatic heterocycles. The molecular weight excluding hydrogens is 388 g/mol. The van der Waals surface area contributed by atoms with Gasteiger partial charge in [0.1, 0.15) is 5.69 Å². The second-order valence-electron chi connectivity index (χ2n) is 8.13. The number of sulfone groups is 1. The van der Waals surface area contributed by atoms with Crippen LogP contribution in [0.15, 0.2) is 0 Å². The maximum absolute atomic E-state index is 13.2. The first-order valence-corrected chi connectivity index (χ1v) is 10.6. The predicted molar refractivity (Wildman–Crippen MR) is 99.4 cm³/mol. The lowest BCUT2D eigenvalue weighted by molar-refractivity contribution is 0.0673. The molecular formula is C17H26N4O6S. The summed E-state index contributed by atoms with van der Waals surface area (Å²) < 4.78 is 25.1. The summed E-state index contributed by atoms with van der Waals surface area (Å²) in [6.45, 7) is 2.35. The Morgan fingerprint density at radius 1 is 1.39 bits per heavy atom. The number of rotatable bonds is 7. The summed E-state index contributed by atoms with van der Waals surface area (Å²) >= 11 is 0. The number of aryl methyl sites for hydroxylation is 1. The second kappa shape index (κ2) is 6.53. The molecule has 156 valence electrons. The van der Waals surface area contributed by atoms with Crippen molar-refractivity contribution in [1.29, 1.82) is 0 Å². The fraction of sp³-hybridized carbons (Fsp3) is 0.706. The zero-order chi connectivity index (χ0) is 21.1. The van der Waals surface area contributed by atoms with Gasteiger partial charge in [0, 0.05) is 25.7 Å². The van der Waals surface area contributed by atoms with E-state index in [9.17, 15) is 28.2 Å². The summed E-state index contributed by atoms with van der Waals surface area (Å²) in [5, 5.41) is 23.3. The third-order valence-corrected chi connectivity index (χ3v) is 9.36. The minimum absolute atomic E-state index is 0.00767. The average Bonchev–Trinajstić information content (AvgIpc) is 3.33. The van der Waals surface area contributed by atoms with Crippen LogP contribution in [0.3, 0.4) is 0 Å². The van der Waals surface area contributed by atoms with Gasteiger partial charge in [-0.1, -0.05) is 0 Å². The van der Waals surface area contributed by atoms with Crippen LogP contribution in [0.25, 0.3) is 0 Å². The highest BCUT2D eigenvalue weighted by atomic mass is 32.2. The quantitative estimate of drug-likeness (QED) is 0.495. The molecule has 0 saturated heterocycles. The highest BCUT2D eigenvalue weighted by Gasteiger charge is 2.62. The number of aliphatic hydroxyl groups excluding tert-OH is 2. The Hall–Kier alpha value is -1.98. The highest BCUT2D eigenvalue weighted by molar-refractivity contribution is 7.94. The molecule has 0 aromatic carbocycles. The molecule has 1 fully saturated rings. The minimum atomic E-state index is -3.86.